The SMILES string of the molecule is O=S(=O)(/C1=N\Nc2ccccc2OC/C=C\COc2ccccc2N=N1)c1ccccc1. The first-order valence-corrected chi connectivity index (χ1v) is 11.3. The van der Waals surface area contributed by atoms with Crippen molar-refractivity contribution < 1.29 is 17.9 Å². The number of ether oxygens (including phenoxy) is 2. The number of azo groups is 1. The fourth-order valence-electron chi connectivity index (χ4n) is 2.80. The van der Waals surface area contributed by atoms with Gasteiger partial charge < -0.3 is 9.47 Å². The van der Waals surface area contributed by atoms with Crippen LogP contribution in [0.5, 0.6) is 11.5 Å². The van der Waals surface area contributed by atoms with Crippen LogP contribution in [-0.4, -0.2) is 26.8 Å². The Bertz CT molecular complexity index is 1270. The average Bonchev–Trinajstić information content (AvgIpc) is 2.83. The molecule has 1 aliphatic rings. The fraction of sp³-hybridized carbons (Fsp3) is 0.0870. The summed E-state index contributed by atoms with van der Waals surface area (Å²) < 4.78 is 37.9. The third kappa shape index (κ3) is 5.01. The first-order valence-electron chi connectivity index (χ1n) is 9.79. The van der Waals surface area contributed by atoms with E-state index in [4.69, 9.17) is 9.47 Å². The van der Waals surface area contributed by atoms with Crippen LogP contribution in [0.15, 0.2) is 111 Å². The molecular weight excluding hydrogens is 428 g/mol. The van der Waals surface area contributed by atoms with E-state index in [1.54, 1.807) is 60.7 Å². The van der Waals surface area contributed by atoms with Crippen LogP contribution in [0.3, 0.4) is 0 Å². The summed E-state index contributed by atoms with van der Waals surface area (Å²) in [6, 6.07) is 22.0. The maximum atomic E-state index is 13.2. The van der Waals surface area contributed by atoms with Crippen LogP contribution in [0.1, 0.15) is 0 Å². The minimum absolute atomic E-state index is 0.0516. The number of anilines is 1. The highest BCUT2D eigenvalue weighted by Gasteiger charge is 2.23. The first-order chi connectivity index (χ1) is 15.6. The van der Waals surface area contributed by atoms with Crippen molar-refractivity contribution in [3.63, 3.8) is 0 Å². The Morgan fingerprint density at radius 2 is 1.34 bits per heavy atom. The molecule has 0 saturated heterocycles. The molecule has 0 aromatic heterocycles. The maximum absolute atomic E-state index is 13.2. The Kier molecular flexibility index (Phi) is 6.57. The number of rotatable bonds is 1. The van der Waals surface area contributed by atoms with Crippen molar-refractivity contribution in [2.24, 2.45) is 15.3 Å². The number of hydrogen-bond donors (Lipinski definition) is 1. The third-order valence-corrected chi connectivity index (χ3v) is 5.94. The summed E-state index contributed by atoms with van der Waals surface area (Å²) in [4.78, 5) is 0.0516. The second kappa shape index (κ2) is 9.88. The summed E-state index contributed by atoms with van der Waals surface area (Å²) in [5.74, 6) is 0.970. The fourth-order valence-corrected chi connectivity index (χ4v) is 3.84. The quantitative estimate of drug-likeness (QED) is 0.531. The molecule has 1 aliphatic heterocycles. The number of fused-ring (bicyclic) bond motifs is 2. The van der Waals surface area contributed by atoms with Gasteiger partial charge in [0, 0.05) is 0 Å². The van der Waals surface area contributed by atoms with E-state index >= 15 is 0 Å². The molecule has 3 aromatic rings. The van der Waals surface area contributed by atoms with Gasteiger partial charge in [-0.25, -0.2) is 8.42 Å². The van der Waals surface area contributed by atoms with Gasteiger partial charge in [0.25, 0.3) is 5.17 Å². The standard InChI is InChI=1S/C23H20N4O4S/c28-32(29,18-10-2-1-3-11-18)23-26-24-19-12-4-6-14-21(19)30-16-8-9-17-31-22-15-7-5-13-20(22)25-27-23/h1-15,24H,16-17H2/b9-8-,26-23-,27-25?. The van der Waals surface area contributed by atoms with Gasteiger partial charge >= 0.3 is 0 Å². The molecule has 4 rings (SSSR count). The summed E-state index contributed by atoms with van der Waals surface area (Å²) >= 11 is 0. The largest absolute Gasteiger partial charge is 0.487 e. The molecule has 0 fully saturated rings. The van der Waals surface area contributed by atoms with Crippen LogP contribution in [0.2, 0.25) is 0 Å². The van der Waals surface area contributed by atoms with Crippen molar-refractivity contribution >= 4 is 26.4 Å². The van der Waals surface area contributed by atoms with Gasteiger partial charge in [0.15, 0.2) is 0 Å². The van der Waals surface area contributed by atoms with Gasteiger partial charge in [-0.3, -0.25) is 5.43 Å². The minimum Gasteiger partial charge on any atom is -0.487 e. The van der Waals surface area contributed by atoms with Crippen LogP contribution in [-0.2, 0) is 9.84 Å². The highest BCUT2D eigenvalue weighted by Crippen LogP contribution is 2.28. The van der Waals surface area contributed by atoms with E-state index in [9.17, 15) is 8.42 Å². The van der Waals surface area contributed by atoms with Gasteiger partial charge in [-0.15, -0.1) is 15.3 Å². The minimum atomic E-state index is -4.05. The third-order valence-electron chi connectivity index (χ3n) is 4.40. The second-order valence-electron chi connectivity index (χ2n) is 6.58. The van der Waals surface area contributed by atoms with Crippen LogP contribution in [0, 0.1) is 0 Å². The van der Waals surface area contributed by atoms with E-state index in [1.807, 2.05) is 18.2 Å². The summed E-state index contributed by atoms with van der Waals surface area (Å²) in [5.41, 5.74) is 3.62. The normalized spacial score (nSPS) is 16.9. The van der Waals surface area contributed by atoms with Crippen molar-refractivity contribution in [3.8, 4) is 11.5 Å². The number of amidine groups is 1. The molecule has 32 heavy (non-hydrogen) atoms. The van der Waals surface area contributed by atoms with Crippen LogP contribution < -0.4 is 14.9 Å². The zero-order chi connectivity index (χ0) is 22.2. The molecule has 0 unspecified atom stereocenters. The molecule has 0 saturated carbocycles. The van der Waals surface area contributed by atoms with E-state index < -0.39 is 15.0 Å². The summed E-state index contributed by atoms with van der Waals surface area (Å²) in [7, 11) is -4.05. The lowest BCUT2D eigenvalue weighted by Gasteiger charge is -2.10. The number of hydrogen-bond acceptors (Lipinski definition) is 8. The zero-order valence-electron chi connectivity index (χ0n) is 17.0. The van der Waals surface area contributed by atoms with Gasteiger partial charge in [0.1, 0.15) is 30.4 Å². The van der Waals surface area contributed by atoms with Crippen molar-refractivity contribution in [1.29, 1.82) is 0 Å². The Morgan fingerprint density at radius 1 is 0.719 bits per heavy atom. The molecule has 1 heterocycles. The lowest BCUT2D eigenvalue weighted by molar-refractivity contribution is 0.351. The molecule has 0 aliphatic carbocycles. The average molecular weight is 449 g/mol. The topological polar surface area (TPSA) is 102 Å². The van der Waals surface area contributed by atoms with Gasteiger partial charge in [-0.1, -0.05) is 42.5 Å². The van der Waals surface area contributed by atoms with E-state index in [0.29, 0.717) is 36.1 Å². The van der Waals surface area contributed by atoms with Crippen LogP contribution in [0.4, 0.5) is 11.4 Å². The van der Waals surface area contributed by atoms with Crippen LogP contribution >= 0.6 is 0 Å². The molecule has 0 bridgehead atoms. The first kappa shape index (κ1) is 21.3. The van der Waals surface area contributed by atoms with Crippen molar-refractivity contribution in [3.05, 3.63) is 91.0 Å². The number of hydrazone groups is 1. The number of nitrogens with zero attached hydrogens (tertiary/aromatic N) is 3. The van der Waals surface area contributed by atoms with Gasteiger partial charge in [0.05, 0.1) is 10.6 Å². The maximum Gasteiger partial charge on any atom is 0.289 e. The van der Waals surface area contributed by atoms with Crippen molar-refractivity contribution in [2.75, 3.05) is 18.6 Å². The van der Waals surface area contributed by atoms with Gasteiger partial charge in [-0.2, -0.15) is 0 Å². The highest BCUT2D eigenvalue weighted by molar-refractivity contribution is 8.06. The summed E-state index contributed by atoms with van der Waals surface area (Å²) in [6.45, 7) is 0.594. The zero-order valence-corrected chi connectivity index (χ0v) is 17.8. The Labute approximate surface area is 185 Å². The number of benzene rings is 3. The molecule has 162 valence electrons. The lowest BCUT2D eigenvalue weighted by atomic mass is 10.3. The van der Waals surface area contributed by atoms with Crippen molar-refractivity contribution in [1.82, 2.24) is 0 Å². The van der Waals surface area contributed by atoms with E-state index in [1.165, 1.54) is 12.1 Å². The van der Waals surface area contributed by atoms with Crippen LogP contribution in [0.25, 0.3) is 0 Å². The number of nitrogens with one attached hydrogen (secondary N) is 1. The molecular formula is C23H20N4O4S. The van der Waals surface area contributed by atoms with Gasteiger partial charge in [0.2, 0.25) is 9.84 Å². The van der Waals surface area contributed by atoms with E-state index in [2.05, 4.69) is 20.8 Å². The predicted molar refractivity (Wildman–Crippen MR) is 122 cm³/mol. The molecule has 1 N–H and O–H groups in total. The molecule has 9 heteroatoms. The lowest BCUT2D eigenvalue weighted by Crippen LogP contribution is -2.14. The Morgan fingerprint density at radius 3 is 2.12 bits per heavy atom. The number of para-hydroxylation sites is 3. The molecule has 0 amide bonds. The number of sulfone groups is 1. The predicted octanol–water partition coefficient (Wildman–Crippen LogP) is 4.95. The molecule has 8 nitrogen and oxygen atoms in total. The van der Waals surface area contributed by atoms with Crippen molar-refractivity contribution in [2.45, 2.75) is 4.90 Å². The highest BCUT2D eigenvalue weighted by atomic mass is 32.2. The van der Waals surface area contributed by atoms with E-state index in [-0.39, 0.29) is 4.90 Å². The smallest absolute Gasteiger partial charge is 0.289 e. The summed E-state index contributed by atoms with van der Waals surface area (Å²) in [5, 5.41) is 11.7. The molecule has 3 aromatic carbocycles. The Balaban J connectivity index is 1.80. The Hall–Kier alpha value is -3.98. The monoisotopic (exact) mass is 448 g/mol. The van der Waals surface area contributed by atoms with E-state index in [0.717, 1.165) is 0 Å². The summed E-state index contributed by atoms with van der Waals surface area (Å²) in [6.07, 6.45) is 3.65. The molecule has 0 atom stereocenters. The molecule has 0 spiro atoms. The molecule has 0 radical (unpaired) electrons. The second-order valence-corrected chi connectivity index (χ2v) is 8.42. The van der Waals surface area contributed by atoms with Gasteiger partial charge in [-0.05, 0) is 48.6 Å².